The van der Waals surface area contributed by atoms with Crippen LogP contribution in [0.25, 0.3) is 0 Å². The second-order valence-electron chi connectivity index (χ2n) is 4.87. The van der Waals surface area contributed by atoms with E-state index in [1.165, 1.54) is 21.3 Å². The first-order chi connectivity index (χ1) is 10.9. The molecule has 0 spiro atoms. The molecular formula is C15H23ClF2N2O4. The summed E-state index contributed by atoms with van der Waals surface area (Å²) in [5.74, 6) is -2.19. The Morgan fingerprint density at radius 3 is 2.12 bits per heavy atom. The molecule has 0 heterocycles. The van der Waals surface area contributed by atoms with Gasteiger partial charge in [0.15, 0.2) is 11.5 Å². The molecule has 0 saturated heterocycles. The molecule has 138 valence electrons. The Balaban J connectivity index is 0.00000529. The molecule has 0 aromatic heterocycles. The van der Waals surface area contributed by atoms with Crippen molar-refractivity contribution < 1.29 is 27.8 Å². The summed E-state index contributed by atoms with van der Waals surface area (Å²) in [7, 11) is 4.47. The van der Waals surface area contributed by atoms with Gasteiger partial charge in [0.1, 0.15) is 0 Å². The molecule has 0 bridgehead atoms. The van der Waals surface area contributed by atoms with Gasteiger partial charge in [0.05, 0.1) is 34.4 Å². The maximum atomic E-state index is 13.0. The number of carbonyl (C=O) groups excluding carboxylic acids is 1. The summed E-state index contributed by atoms with van der Waals surface area (Å²) in [6, 6.07) is 3.42. The molecule has 3 N–H and O–H groups in total. The zero-order valence-electron chi connectivity index (χ0n) is 13.9. The smallest absolute Gasteiger partial charge is 0.277 e. The van der Waals surface area contributed by atoms with Gasteiger partial charge in [0.25, 0.3) is 5.92 Å². The van der Waals surface area contributed by atoms with Crippen LogP contribution in [0.2, 0.25) is 0 Å². The standard InChI is InChI=1S/C15H22F2N2O4.ClH/c1-21-11-6-10(7-12(22-2)14(11)23-3)4-5-13(20)19-9-15(16,17)8-18;/h6-7H,4-5,8-9,18H2,1-3H3,(H,19,20);1H. The van der Waals surface area contributed by atoms with Crippen LogP contribution < -0.4 is 25.3 Å². The third kappa shape index (κ3) is 6.37. The van der Waals surface area contributed by atoms with Gasteiger partial charge in [0, 0.05) is 6.42 Å². The van der Waals surface area contributed by atoms with Crippen molar-refractivity contribution in [2.24, 2.45) is 5.73 Å². The fraction of sp³-hybridized carbons (Fsp3) is 0.533. The largest absolute Gasteiger partial charge is 0.493 e. The summed E-state index contributed by atoms with van der Waals surface area (Å²) in [5.41, 5.74) is 5.67. The Labute approximate surface area is 146 Å². The quantitative estimate of drug-likeness (QED) is 0.694. The third-order valence-corrected chi connectivity index (χ3v) is 3.21. The van der Waals surface area contributed by atoms with E-state index in [0.717, 1.165) is 5.56 Å². The summed E-state index contributed by atoms with van der Waals surface area (Å²) in [4.78, 5) is 11.6. The predicted octanol–water partition coefficient (Wildman–Crippen LogP) is 1.78. The number of alkyl halides is 2. The van der Waals surface area contributed by atoms with Crippen LogP contribution in [0.5, 0.6) is 17.2 Å². The molecule has 1 amide bonds. The molecule has 0 aliphatic carbocycles. The van der Waals surface area contributed by atoms with Gasteiger partial charge >= 0.3 is 0 Å². The van der Waals surface area contributed by atoms with Crippen LogP contribution in [0.4, 0.5) is 8.78 Å². The summed E-state index contributed by atoms with van der Waals surface area (Å²) in [6.45, 7) is -1.57. The van der Waals surface area contributed by atoms with E-state index < -0.39 is 24.9 Å². The fourth-order valence-corrected chi connectivity index (χ4v) is 1.93. The lowest BCUT2D eigenvalue weighted by atomic mass is 10.1. The number of halogens is 3. The van der Waals surface area contributed by atoms with Crippen LogP contribution in [0.3, 0.4) is 0 Å². The van der Waals surface area contributed by atoms with Crippen molar-refractivity contribution in [1.82, 2.24) is 5.32 Å². The van der Waals surface area contributed by atoms with Gasteiger partial charge in [-0.15, -0.1) is 12.4 Å². The van der Waals surface area contributed by atoms with Gasteiger partial charge in [0.2, 0.25) is 11.7 Å². The number of rotatable bonds is 9. The van der Waals surface area contributed by atoms with Crippen molar-refractivity contribution >= 4 is 18.3 Å². The maximum Gasteiger partial charge on any atom is 0.277 e. The summed E-state index contributed by atoms with van der Waals surface area (Å²) in [5, 5.41) is 2.17. The Morgan fingerprint density at radius 2 is 1.71 bits per heavy atom. The Bertz CT molecular complexity index is 519. The molecule has 1 aromatic rings. The van der Waals surface area contributed by atoms with E-state index in [9.17, 15) is 13.6 Å². The number of aryl methyl sites for hydroxylation is 1. The highest BCUT2D eigenvalue weighted by Gasteiger charge is 2.27. The number of nitrogens with one attached hydrogen (secondary N) is 1. The van der Waals surface area contributed by atoms with Gasteiger partial charge in [-0.2, -0.15) is 0 Å². The molecule has 0 aliphatic rings. The molecule has 0 saturated carbocycles. The maximum absolute atomic E-state index is 13.0. The van der Waals surface area contributed by atoms with Crippen LogP contribution in [0, 0.1) is 0 Å². The number of hydrogen-bond acceptors (Lipinski definition) is 5. The van der Waals surface area contributed by atoms with Crippen LogP contribution >= 0.6 is 12.4 Å². The van der Waals surface area contributed by atoms with Crippen molar-refractivity contribution in [1.29, 1.82) is 0 Å². The third-order valence-electron chi connectivity index (χ3n) is 3.21. The first kappa shape index (κ1) is 22.2. The molecule has 1 rings (SSSR count). The first-order valence-electron chi connectivity index (χ1n) is 7.00. The number of hydrogen-bond donors (Lipinski definition) is 2. The van der Waals surface area contributed by atoms with E-state index in [0.29, 0.717) is 23.7 Å². The lowest BCUT2D eigenvalue weighted by Crippen LogP contribution is -2.41. The van der Waals surface area contributed by atoms with Crippen molar-refractivity contribution in [3.05, 3.63) is 17.7 Å². The summed E-state index contributed by atoms with van der Waals surface area (Å²) in [6.07, 6.45) is 0.399. The Kier molecular flexibility index (Phi) is 9.38. The lowest BCUT2D eigenvalue weighted by Gasteiger charge is -2.15. The molecule has 24 heavy (non-hydrogen) atoms. The minimum absolute atomic E-state index is 0. The number of ether oxygens (including phenoxy) is 3. The van der Waals surface area contributed by atoms with Crippen LogP contribution in [0.1, 0.15) is 12.0 Å². The van der Waals surface area contributed by atoms with Crippen molar-refractivity contribution in [2.45, 2.75) is 18.8 Å². The molecule has 0 unspecified atom stereocenters. The second-order valence-corrected chi connectivity index (χ2v) is 4.87. The SMILES string of the molecule is COc1cc(CCC(=O)NCC(F)(F)CN)cc(OC)c1OC.Cl. The number of carbonyl (C=O) groups is 1. The average Bonchev–Trinajstić information content (AvgIpc) is 2.56. The molecule has 0 atom stereocenters. The molecule has 6 nitrogen and oxygen atoms in total. The van der Waals surface area contributed by atoms with E-state index in [1.807, 2.05) is 0 Å². The van der Waals surface area contributed by atoms with E-state index in [4.69, 9.17) is 19.9 Å². The summed E-state index contributed by atoms with van der Waals surface area (Å²) >= 11 is 0. The highest BCUT2D eigenvalue weighted by Crippen LogP contribution is 2.38. The predicted molar refractivity (Wildman–Crippen MR) is 88.7 cm³/mol. The zero-order valence-corrected chi connectivity index (χ0v) is 14.7. The fourth-order valence-electron chi connectivity index (χ4n) is 1.93. The molecule has 9 heteroatoms. The topological polar surface area (TPSA) is 82.8 Å². The van der Waals surface area contributed by atoms with Crippen molar-refractivity contribution in [3.63, 3.8) is 0 Å². The van der Waals surface area contributed by atoms with Crippen LogP contribution in [0.15, 0.2) is 12.1 Å². The number of nitrogens with two attached hydrogens (primary N) is 1. The monoisotopic (exact) mass is 368 g/mol. The van der Waals surface area contributed by atoms with Gasteiger partial charge in [-0.25, -0.2) is 8.78 Å². The van der Waals surface area contributed by atoms with Gasteiger partial charge in [-0.3, -0.25) is 4.79 Å². The molecule has 0 radical (unpaired) electrons. The highest BCUT2D eigenvalue weighted by molar-refractivity contribution is 5.85. The van der Waals surface area contributed by atoms with E-state index in [1.54, 1.807) is 12.1 Å². The van der Waals surface area contributed by atoms with E-state index in [2.05, 4.69) is 5.32 Å². The van der Waals surface area contributed by atoms with Gasteiger partial charge in [-0.05, 0) is 24.1 Å². The second kappa shape index (κ2) is 10.1. The first-order valence-corrected chi connectivity index (χ1v) is 7.00. The molecule has 0 fully saturated rings. The number of benzene rings is 1. The van der Waals surface area contributed by atoms with E-state index in [-0.39, 0.29) is 18.8 Å². The Morgan fingerprint density at radius 1 is 1.17 bits per heavy atom. The minimum atomic E-state index is -3.10. The Hall–Kier alpha value is -1.80. The van der Waals surface area contributed by atoms with Gasteiger partial charge < -0.3 is 25.3 Å². The van der Waals surface area contributed by atoms with Crippen LogP contribution in [-0.2, 0) is 11.2 Å². The normalized spacial score (nSPS) is 10.6. The molecule has 0 aliphatic heterocycles. The number of methoxy groups -OCH3 is 3. The van der Waals surface area contributed by atoms with Crippen molar-refractivity contribution in [2.75, 3.05) is 34.4 Å². The van der Waals surface area contributed by atoms with Crippen molar-refractivity contribution in [3.8, 4) is 17.2 Å². The molecular weight excluding hydrogens is 346 g/mol. The highest BCUT2D eigenvalue weighted by atomic mass is 35.5. The molecule has 1 aromatic carbocycles. The van der Waals surface area contributed by atoms with E-state index >= 15 is 0 Å². The average molecular weight is 369 g/mol. The number of amides is 1. The summed E-state index contributed by atoms with van der Waals surface area (Å²) < 4.78 is 41.6. The van der Waals surface area contributed by atoms with Crippen LogP contribution in [-0.4, -0.2) is 46.2 Å². The van der Waals surface area contributed by atoms with Gasteiger partial charge in [-0.1, -0.05) is 0 Å². The lowest BCUT2D eigenvalue weighted by molar-refractivity contribution is -0.122. The minimum Gasteiger partial charge on any atom is -0.493 e. The zero-order chi connectivity index (χ0) is 17.5.